The number of nitrogens with one attached hydrogen (secondary N) is 1. The number of amides is 1. The summed E-state index contributed by atoms with van der Waals surface area (Å²) in [5.74, 6) is -0.0784. The van der Waals surface area contributed by atoms with E-state index in [2.05, 4.69) is 38.5 Å². The predicted octanol–water partition coefficient (Wildman–Crippen LogP) is 2.29. The van der Waals surface area contributed by atoms with Crippen molar-refractivity contribution in [2.45, 2.75) is 11.8 Å². The minimum absolute atomic E-state index is 0.0784. The molecule has 0 saturated heterocycles. The molecular formula is C14H16BrN3O. The third-order valence-corrected chi connectivity index (χ3v) is 3.52. The SMILES string of the molecule is Cn1ncc(CBr)c1C(=O)NCCc1ccccc1. The van der Waals surface area contributed by atoms with Gasteiger partial charge in [0.1, 0.15) is 5.69 Å². The molecule has 0 aliphatic rings. The van der Waals surface area contributed by atoms with Crippen LogP contribution in [0, 0.1) is 0 Å². The van der Waals surface area contributed by atoms with Crippen LogP contribution in [0.1, 0.15) is 21.6 Å². The fourth-order valence-electron chi connectivity index (χ4n) is 1.92. The molecule has 4 nitrogen and oxygen atoms in total. The number of aromatic nitrogens is 2. The van der Waals surface area contributed by atoms with Crippen molar-refractivity contribution in [1.29, 1.82) is 0 Å². The Labute approximate surface area is 120 Å². The van der Waals surface area contributed by atoms with Gasteiger partial charge in [-0.15, -0.1) is 0 Å². The van der Waals surface area contributed by atoms with E-state index in [4.69, 9.17) is 0 Å². The second-order valence-electron chi connectivity index (χ2n) is 4.27. The van der Waals surface area contributed by atoms with Gasteiger partial charge >= 0.3 is 0 Å². The molecule has 0 saturated carbocycles. The fraction of sp³-hybridized carbons (Fsp3) is 0.286. The second-order valence-corrected chi connectivity index (χ2v) is 4.83. The van der Waals surface area contributed by atoms with Gasteiger partial charge in [-0.05, 0) is 12.0 Å². The van der Waals surface area contributed by atoms with Crippen LogP contribution in [0.4, 0.5) is 0 Å². The molecule has 2 rings (SSSR count). The lowest BCUT2D eigenvalue weighted by Crippen LogP contribution is -2.28. The minimum Gasteiger partial charge on any atom is -0.350 e. The summed E-state index contributed by atoms with van der Waals surface area (Å²) < 4.78 is 1.61. The second kappa shape index (κ2) is 6.52. The number of hydrogen-bond donors (Lipinski definition) is 1. The number of carbonyl (C=O) groups excluding carboxylic acids is 1. The quantitative estimate of drug-likeness (QED) is 0.859. The maximum absolute atomic E-state index is 12.1. The van der Waals surface area contributed by atoms with Crippen molar-refractivity contribution in [3.05, 3.63) is 53.3 Å². The molecule has 0 bridgehead atoms. The highest BCUT2D eigenvalue weighted by Crippen LogP contribution is 2.11. The highest BCUT2D eigenvalue weighted by molar-refractivity contribution is 9.08. The molecule has 1 aromatic carbocycles. The van der Waals surface area contributed by atoms with Gasteiger partial charge in [0.05, 0.1) is 6.20 Å². The Kier molecular flexibility index (Phi) is 4.74. The smallest absolute Gasteiger partial charge is 0.269 e. The van der Waals surface area contributed by atoms with E-state index in [1.807, 2.05) is 18.2 Å². The molecule has 0 spiro atoms. The molecular weight excluding hydrogens is 306 g/mol. The molecule has 19 heavy (non-hydrogen) atoms. The third-order valence-electron chi connectivity index (χ3n) is 2.92. The Morgan fingerprint density at radius 1 is 1.37 bits per heavy atom. The number of nitrogens with zero attached hydrogens (tertiary/aromatic N) is 2. The van der Waals surface area contributed by atoms with Gasteiger partial charge in [-0.2, -0.15) is 5.10 Å². The standard InChI is InChI=1S/C14H16BrN3O/c1-18-13(12(9-15)10-17-18)14(19)16-8-7-11-5-3-2-4-6-11/h2-6,10H,7-9H2,1H3,(H,16,19). The van der Waals surface area contributed by atoms with Gasteiger partial charge in [0.2, 0.25) is 0 Å². The van der Waals surface area contributed by atoms with E-state index in [1.54, 1.807) is 17.9 Å². The first-order valence-corrected chi connectivity index (χ1v) is 7.23. The number of benzene rings is 1. The van der Waals surface area contributed by atoms with Crippen molar-refractivity contribution in [3.8, 4) is 0 Å². The Hall–Kier alpha value is -1.62. The van der Waals surface area contributed by atoms with E-state index in [-0.39, 0.29) is 5.91 Å². The van der Waals surface area contributed by atoms with Crippen LogP contribution in [0.25, 0.3) is 0 Å². The van der Waals surface area contributed by atoms with E-state index >= 15 is 0 Å². The highest BCUT2D eigenvalue weighted by Gasteiger charge is 2.15. The normalized spacial score (nSPS) is 10.4. The summed E-state index contributed by atoms with van der Waals surface area (Å²) in [6.45, 7) is 0.621. The topological polar surface area (TPSA) is 46.9 Å². The number of hydrogen-bond acceptors (Lipinski definition) is 2. The van der Waals surface area contributed by atoms with Gasteiger partial charge < -0.3 is 5.32 Å². The molecule has 1 amide bonds. The summed E-state index contributed by atoms with van der Waals surface area (Å²) in [5, 5.41) is 7.66. The monoisotopic (exact) mass is 321 g/mol. The van der Waals surface area contributed by atoms with Gasteiger partial charge in [0.15, 0.2) is 0 Å². The van der Waals surface area contributed by atoms with Gasteiger partial charge in [-0.3, -0.25) is 9.48 Å². The van der Waals surface area contributed by atoms with E-state index < -0.39 is 0 Å². The predicted molar refractivity (Wildman–Crippen MR) is 78.3 cm³/mol. The third kappa shape index (κ3) is 3.44. The lowest BCUT2D eigenvalue weighted by atomic mass is 10.1. The summed E-state index contributed by atoms with van der Waals surface area (Å²) in [4.78, 5) is 12.1. The number of aryl methyl sites for hydroxylation is 1. The lowest BCUT2D eigenvalue weighted by molar-refractivity contribution is 0.0944. The minimum atomic E-state index is -0.0784. The summed E-state index contributed by atoms with van der Waals surface area (Å²) in [6, 6.07) is 10.1. The van der Waals surface area contributed by atoms with Crippen molar-refractivity contribution in [3.63, 3.8) is 0 Å². The van der Waals surface area contributed by atoms with Crippen LogP contribution < -0.4 is 5.32 Å². The van der Waals surface area contributed by atoms with E-state index in [1.165, 1.54) is 5.56 Å². The molecule has 0 unspecified atom stereocenters. The van der Waals surface area contributed by atoms with Crippen LogP contribution in [0.2, 0.25) is 0 Å². The molecule has 1 N–H and O–H groups in total. The van der Waals surface area contributed by atoms with Crippen LogP contribution in [-0.4, -0.2) is 22.2 Å². The molecule has 0 atom stereocenters. The zero-order valence-electron chi connectivity index (χ0n) is 10.8. The molecule has 1 aromatic heterocycles. The van der Waals surface area contributed by atoms with E-state index in [0.717, 1.165) is 12.0 Å². The lowest BCUT2D eigenvalue weighted by Gasteiger charge is -2.07. The molecule has 5 heteroatoms. The number of rotatable bonds is 5. The summed E-state index contributed by atoms with van der Waals surface area (Å²) in [5.41, 5.74) is 2.73. The summed E-state index contributed by atoms with van der Waals surface area (Å²) in [6.07, 6.45) is 2.54. The maximum atomic E-state index is 12.1. The van der Waals surface area contributed by atoms with Gasteiger partial charge in [-0.25, -0.2) is 0 Å². The molecule has 0 fully saturated rings. The van der Waals surface area contributed by atoms with Crippen molar-refractivity contribution < 1.29 is 4.79 Å². The molecule has 100 valence electrons. The number of halogens is 1. The molecule has 1 heterocycles. The van der Waals surface area contributed by atoms with Crippen LogP contribution in [0.3, 0.4) is 0 Å². The summed E-state index contributed by atoms with van der Waals surface area (Å²) >= 11 is 3.36. The number of carbonyl (C=O) groups is 1. The van der Waals surface area contributed by atoms with Crippen LogP contribution in [-0.2, 0) is 18.8 Å². The largest absolute Gasteiger partial charge is 0.350 e. The van der Waals surface area contributed by atoms with Crippen LogP contribution in [0.15, 0.2) is 36.5 Å². The first-order valence-electron chi connectivity index (χ1n) is 6.11. The highest BCUT2D eigenvalue weighted by atomic mass is 79.9. The zero-order valence-corrected chi connectivity index (χ0v) is 12.4. The Morgan fingerprint density at radius 2 is 2.11 bits per heavy atom. The Balaban J connectivity index is 1.93. The van der Waals surface area contributed by atoms with Crippen LogP contribution in [0.5, 0.6) is 0 Å². The summed E-state index contributed by atoms with van der Waals surface area (Å²) in [7, 11) is 1.78. The van der Waals surface area contributed by atoms with Gasteiger partial charge in [0.25, 0.3) is 5.91 Å². The maximum Gasteiger partial charge on any atom is 0.269 e. The molecule has 0 radical (unpaired) electrons. The molecule has 0 aliphatic carbocycles. The van der Waals surface area contributed by atoms with Crippen molar-refractivity contribution in [2.24, 2.45) is 7.05 Å². The van der Waals surface area contributed by atoms with Crippen molar-refractivity contribution in [2.75, 3.05) is 6.54 Å². The fourth-order valence-corrected chi connectivity index (χ4v) is 2.33. The van der Waals surface area contributed by atoms with E-state index in [0.29, 0.717) is 17.6 Å². The van der Waals surface area contributed by atoms with Crippen molar-refractivity contribution in [1.82, 2.24) is 15.1 Å². The van der Waals surface area contributed by atoms with Gasteiger partial charge in [-0.1, -0.05) is 46.3 Å². The van der Waals surface area contributed by atoms with Crippen molar-refractivity contribution >= 4 is 21.8 Å². The van der Waals surface area contributed by atoms with Gasteiger partial charge in [0, 0.05) is 24.5 Å². The van der Waals surface area contributed by atoms with Crippen LogP contribution >= 0.6 is 15.9 Å². The Bertz CT molecular complexity index is 551. The number of alkyl halides is 1. The van der Waals surface area contributed by atoms with E-state index in [9.17, 15) is 4.79 Å². The molecule has 0 aliphatic heterocycles. The Morgan fingerprint density at radius 3 is 2.79 bits per heavy atom. The molecule has 2 aromatic rings. The average molecular weight is 322 g/mol. The first-order chi connectivity index (χ1) is 9.22. The zero-order chi connectivity index (χ0) is 13.7. The average Bonchev–Trinajstić information content (AvgIpc) is 2.81. The first kappa shape index (κ1) is 13.8.